The molecule has 0 atom stereocenters. The van der Waals surface area contributed by atoms with E-state index in [-0.39, 0.29) is 13.2 Å². The van der Waals surface area contributed by atoms with Gasteiger partial charge in [-0.25, -0.2) is 14.4 Å². The van der Waals surface area contributed by atoms with E-state index in [2.05, 4.69) is 19.5 Å². The van der Waals surface area contributed by atoms with Crippen LogP contribution >= 0.6 is 0 Å². The molecular formula is C7H13N3O6. The topological polar surface area (TPSA) is 143 Å². The monoisotopic (exact) mass is 235 g/mol. The minimum absolute atomic E-state index is 0.266. The Morgan fingerprint density at radius 3 is 1.88 bits per heavy atom. The maximum absolute atomic E-state index is 10.8. The van der Waals surface area contributed by atoms with Crippen molar-refractivity contribution in [2.75, 3.05) is 20.3 Å². The third kappa shape index (κ3) is 7.24. The summed E-state index contributed by atoms with van der Waals surface area (Å²) in [4.78, 5) is 31.5. The first-order chi connectivity index (χ1) is 7.45. The molecule has 0 radical (unpaired) electrons. The van der Waals surface area contributed by atoms with Gasteiger partial charge in [-0.05, 0) is 0 Å². The number of rotatable bonds is 5. The van der Waals surface area contributed by atoms with Gasteiger partial charge in [0.2, 0.25) is 0 Å². The number of nitrogens with two attached hydrogens (primary N) is 2. The van der Waals surface area contributed by atoms with E-state index in [4.69, 9.17) is 11.5 Å². The Labute approximate surface area is 91.0 Å². The standard InChI is InChI=1S/C7H13N3O6/c1-14-7(13)10-4(2-15-5(8)11)3-16-6(9)12/h4H,2-3H2,1H3,(H2,8,11)(H2,9,12)(H,10,13). The Morgan fingerprint density at radius 1 is 1.12 bits per heavy atom. The molecule has 16 heavy (non-hydrogen) atoms. The summed E-state index contributed by atoms with van der Waals surface area (Å²) in [6.07, 6.45) is -2.81. The molecule has 0 fully saturated rings. The maximum atomic E-state index is 10.8. The highest BCUT2D eigenvalue weighted by Gasteiger charge is 2.15. The number of primary amides is 2. The van der Waals surface area contributed by atoms with Crippen LogP contribution in [0.25, 0.3) is 0 Å². The van der Waals surface area contributed by atoms with Crippen molar-refractivity contribution in [2.45, 2.75) is 6.04 Å². The number of nitrogens with one attached hydrogen (secondary N) is 1. The normalized spacial score (nSPS) is 9.38. The lowest BCUT2D eigenvalue weighted by molar-refractivity contribution is 0.100. The first kappa shape index (κ1) is 13.8. The fourth-order valence-corrected chi connectivity index (χ4v) is 0.722. The highest BCUT2D eigenvalue weighted by atomic mass is 16.6. The van der Waals surface area contributed by atoms with E-state index in [1.54, 1.807) is 0 Å². The molecule has 0 spiro atoms. The molecule has 0 aromatic heterocycles. The number of hydrogen-bond acceptors (Lipinski definition) is 6. The zero-order valence-electron chi connectivity index (χ0n) is 8.60. The first-order valence-electron chi connectivity index (χ1n) is 4.14. The van der Waals surface area contributed by atoms with Gasteiger partial charge >= 0.3 is 18.3 Å². The highest BCUT2D eigenvalue weighted by molar-refractivity contribution is 5.68. The molecule has 9 heteroatoms. The molecule has 0 heterocycles. The van der Waals surface area contributed by atoms with Gasteiger partial charge in [0.05, 0.1) is 7.11 Å². The lowest BCUT2D eigenvalue weighted by Crippen LogP contribution is -2.43. The van der Waals surface area contributed by atoms with Crippen LogP contribution in [0, 0.1) is 0 Å². The minimum Gasteiger partial charge on any atom is -0.453 e. The lowest BCUT2D eigenvalue weighted by atomic mass is 10.3. The van der Waals surface area contributed by atoms with E-state index in [1.807, 2.05) is 0 Å². The lowest BCUT2D eigenvalue weighted by Gasteiger charge is -2.16. The largest absolute Gasteiger partial charge is 0.453 e. The van der Waals surface area contributed by atoms with Crippen LogP contribution in [0.5, 0.6) is 0 Å². The highest BCUT2D eigenvalue weighted by Crippen LogP contribution is 1.90. The third-order valence-corrected chi connectivity index (χ3v) is 1.36. The molecule has 0 saturated carbocycles. The molecule has 0 aliphatic carbocycles. The van der Waals surface area contributed by atoms with Crippen LogP contribution in [-0.4, -0.2) is 44.6 Å². The van der Waals surface area contributed by atoms with Crippen LogP contribution in [-0.2, 0) is 14.2 Å². The Morgan fingerprint density at radius 2 is 1.56 bits per heavy atom. The molecule has 0 bridgehead atoms. The molecule has 9 nitrogen and oxygen atoms in total. The van der Waals surface area contributed by atoms with Crippen molar-refractivity contribution in [1.29, 1.82) is 0 Å². The summed E-state index contributed by atoms with van der Waals surface area (Å²) in [5.41, 5.74) is 9.44. The maximum Gasteiger partial charge on any atom is 0.407 e. The summed E-state index contributed by atoms with van der Waals surface area (Å²) < 4.78 is 13.1. The average Bonchev–Trinajstić information content (AvgIpc) is 2.21. The van der Waals surface area contributed by atoms with E-state index >= 15 is 0 Å². The number of amides is 3. The van der Waals surface area contributed by atoms with Gasteiger partial charge in [0, 0.05) is 0 Å². The Kier molecular flexibility index (Phi) is 6.17. The Hall–Kier alpha value is -2.19. The molecule has 3 amide bonds. The van der Waals surface area contributed by atoms with Crippen molar-refractivity contribution >= 4 is 18.3 Å². The van der Waals surface area contributed by atoms with Crippen molar-refractivity contribution in [1.82, 2.24) is 5.32 Å². The summed E-state index contributed by atoms with van der Waals surface area (Å²) >= 11 is 0. The second-order valence-corrected chi connectivity index (χ2v) is 2.59. The van der Waals surface area contributed by atoms with Crippen LogP contribution in [0.3, 0.4) is 0 Å². The van der Waals surface area contributed by atoms with E-state index in [1.165, 1.54) is 0 Å². The number of hydrogen-bond donors (Lipinski definition) is 3. The zero-order valence-corrected chi connectivity index (χ0v) is 8.60. The molecule has 5 N–H and O–H groups in total. The number of ether oxygens (including phenoxy) is 3. The van der Waals surface area contributed by atoms with Gasteiger partial charge in [-0.15, -0.1) is 0 Å². The van der Waals surface area contributed by atoms with Crippen molar-refractivity contribution in [2.24, 2.45) is 11.5 Å². The molecular weight excluding hydrogens is 222 g/mol. The smallest absolute Gasteiger partial charge is 0.407 e. The summed E-state index contributed by atoms with van der Waals surface area (Å²) in [5.74, 6) is 0. The predicted molar refractivity (Wildman–Crippen MR) is 50.4 cm³/mol. The third-order valence-electron chi connectivity index (χ3n) is 1.36. The second kappa shape index (κ2) is 7.15. The fourth-order valence-electron chi connectivity index (χ4n) is 0.722. The Bertz CT molecular complexity index is 251. The number of carbonyl (C=O) groups excluding carboxylic acids is 3. The van der Waals surface area contributed by atoms with Gasteiger partial charge in [-0.1, -0.05) is 0 Å². The molecule has 0 aromatic rings. The van der Waals surface area contributed by atoms with E-state index in [0.717, 1.165) is 7.11 Å². The number of carbonyl (C=O) groups is 3. The average molecular weight is 235 g/mol. The van der Waals surface area contributed by atoms with Crippen LogP contribution in [0.15, 0.2) is 0 Å². The quantitative estimate of drug-likeness (QED) is 0.516. The van der Waals surface area contributed by atoms with Gasteiger partial charge in [-0.2, -0.15) is 0 Å². The van der Waals surface area contributed by atoms with Gasteiger partial charge in [-0.3, -0.25) is 0 Å². The van der Waals surface area contributed by atoms with Gasteiger partial charge in [0.1, 0.15) is 19.3 Å². The summed E-state index contributed by atoms with van der Waals surface area (Å²) in [6, 6.07) is -0.785. The van der Waals surface area contributed by atoms with E-state index in [0.29, 0.717) is 0 Å². The molecule has 0 unspecified atom stereocenters. The van der Waals surface area contributed by atoms with E-state index in [9.17, 15) is 14.4 Å². The van der Waals surface area contributed by atoms with Crippen LogP contribution in [0.2, 0.25) is 0 Å². The molecule has 92 valence electrons. The molecule has 0 saturated heterocycles. The predicted octanol–water partition coefficient (Wildman–Crippen LogP) is -1.10. The second-order valence-electron chi connectivity index (χ2n) is 2.59. The van der Waals surface area contributed by atoms with Crippen molar-refractivity contribution < 1.29 is 28.6 Å². The number of methoxy groups -OCH3 is 1. The molecule has 0 rings (SSSR count). The van der Waals surface area contributed by atoms with Crippen LogP contribution < -0.4 is 16.8 Å². The summed E-state index contributed by atoms with van der Waals surface area (Å²) in [5, 5.41) is 2.25. The van der Waals surface area contributed by atoms with Gasteiger partial charge in [0.25, 0.3) is 0 Å². The minimum atomic E-state index is -1.02. The Balaban J connectivity index is 4.09. The van der Waals surface area contributed by atoms with E-state index < -0.39 is 24.3 Å². The van der Waals surface area contributed by atoms with Crippen LogP contribution in [0.4, 0.5) is 14.4 Å². The van der Waals surface area contributed by atoms with Crippen molar-refractivity contribution in [3.8, 4) is 0 Å². The zero-order chi connectivity index (χ0) is 12.6. The summed E-state index contributed by atoms with van der Waals surface area (Å²) in [7, 11) is 1.15. The van der Waals surface area contributed by atoms with Crippen LogP contribution in [0.1, 0.15) is 0 Å². The summed E-state index contributed by atoms with van der Waals surface area (Å²) in [6.45, 7) is -0.532. The molecule has 0 aliphatic rings. The number of alkyl carbamates (subject to hydrolysis) is 1. The molecule has 0 aromatic carbocycles. The fraction of sp³-hybridized carbons (Fsp3) is 0.571. The first-order valence-corrected chi connectivity index (χ1v) is 4.14. The van der Waals surface area contributed by atoms with Crippen molar-refractivity contribution in [3.63, 3.8) is 0 Å². The van der Waals surface area contributed by atoms with Crippen molar-refractivity contribution in [3.05, 3.63) is 0 Å². The SMILES string of the molecule is COC(=O)NC(COC(N)=O)COC(N)=O. The van der Waals surface area contributed by atoms with Gasteiger partial charge < -0.3 is 31.0 Å². The van der Waals surface area contributed by atoms with Gasteiger partial charge in [0.15, 0.2) is 0 Å². The molecule has 0 aliphatic heterocycles.